The number of aromatic nitrogens is 1. The predicted molar refractivity (Wildman–Crippen MR) is 68.9 cm³/mol. The monoisotopic (exact) mass is 250 g/mol. The number of nitrogens with one attached hydrogen (secondary N) is 1. The fraction of sp³-hybridized carbons (Fsp3) is 0.462. The first-order chi connectivity index (χ1) is 8.31. The third-order valence-electron chi connectivity index (χ3n) is 3.32. The third-order valence-corrected chi connectivity index (χ3v) is 4.37. The Morgan fingerprint density at radius 1 is 1.35 bits per heavy atom. The molecule has 1 aromatic carbocycles. The molecule has 17 heavy (non-hydrogen) atoms. The van der Waals surface area contributed by atoms with Crippen LogP contribution in [0.1, 0.15) is 17.8 Å². The lowest BCUT2D eigenvalue weighted by molar-refractivity contribution is 0.372. The second-order valence-corrected chi connectivity index (χ2v) is 5.73. The van der Waals surface area contributed by atoms with Crippen molar-refractivity contribution in [2.75, 3.05) is 13.1 Å². The summed E-state index contributed by atoms with van der Waals surface area (Å²) in [5, 5.41) is 4.52. The molecule has 0 atom stereocenters. The van der Waals surface area contributed by atoms with Crippen molar-refractivity contribution in [3.8, 4) is 0 Å². The average molecular weight is 250 g/mol. The Hall–Kier alpha value is -1.00. The van der Waals surface area contributed by atoms with E-state index in [0.717, 1.165) is 40.7 Å². The first-order valence-corrected chi connectivity index (χ1v) is 6.88. The second-order valence-electron chi connectivity index (χ2n) is 4.62. The van der Waals surface area contributed by atoms with E-state index in [1.807, 2.05) is 6.07 Å². The Kier molecular flexibility index (Phi) is 3.07. The molecule has 1 aliphatic rings. The molecule has 1 aliphatic heterocycles. The van der Waals surface area contributed by atoms with Crippen molar-refractivity contribution < 1.29 is 4.39 Å². The standard InChI is InChI=1S/C13H15FN2S/c14-10-1-2-12-11(8-10)16-13(17-12)7-9-3-5-15-6-4-9/h1-2,8-9,15H,3-7H2. The van der Waals surface area contributed by atoms with Crippen molar-refractivity contribution in [2.24, 2.45) is 5.92 Å². The number of hydrogen-bond acceptors (Lipinski definition) is 3. The number of nitrogens with zero attached hydrogens (tertiary/aromatic N) is 1. The molecule has 0 radical (unpaired) electrons. The van der Waals surface area contributed by atoms with E-state index in [1.54, 1.807) is 11.3 Å². The van der Waals surface area contributed by atoms with Crippen molar-refractivity contribution >= 4 is 21.6 Å². The molecule has 90 valence electrons. The molecule has 2 nitrogen and oxygen atoms in total. The van der Waals surface area contributed by atoms with E-state index in [4.69, 9.17) is 0 Å². The van der Waals surface area contributed by atoms with Gasteiger partial charge in [-0.25, -0.2) is 9.37 Å². The van der Waals surface area contributed by atoms with E-state index < -0.39 is 0 Å². The number of hydrogen-bond donors (Lipinski definition) is 1. The van der Waals surface area contributed by atoms with E-state index in [0.29, 0.717) is 0 Å². The van der Waals surface area contributed by atoms with Crippen molar-refractivity contribution in [2.45, 2.75) is 19.3 Å². The van der Waals surface area contributed by atoms with Crippen LogP contribution >= 0.6 is 11.3 Å². The van der Waals surface area contributed by atoms with Crippen LogP contribution in [0.4, 0.5) is 4.39 Å². The van der Waals surface area contributed by atoms with Crippen LogP contribution in [0.5, 0.6) is 0 Å². The Morgan fingerprint density at radius 3 is 3.00 bits per heavy atom. The van der Waals surface area contributed by atoms with Gasteiger partial charge in [-0.1, -0.05) is 0 Å². The van der Waals surface area contributed by atoms with Gasteiger partial charge in [-0.15, -0.1) is 11.3 Å². The van der Waals surface area contributed by atoms with Crippen LogP contribution in [0.25, 0.3) is 10.2 Å². The summed E-state index contributed by atoms with van der Waals surface area (Å²) in [6.07, 6.45) is 3.50. The molecule has 2 heterocycles. The fourth-order valence-corrected chi connectivity index (χ4v) is 3.43. The number of benzene rings is 1. The number of fused-ring (bicyclic) bond motifs is 1. The van der Waals surface area contributed by atoms with Crippen LogP contribution in [0.15, 0.2) is 18.2 Å². The Morgan fingerprint density at radius 2 is 2.18 bits per heavy atom. The molecule has 1 aromatic heterocycles. The number of rotatable bonds is 2. The van der Waals surface area contributed by atoms with Gasteiger partial charge in [0, 0.05) is 12.5 Å². The molecule has 0 amide bonds. The maximum absolute atomic E-state index is 13.1. The summed E-state index contributed by atoms with van der Waals surface area (Å²) in [5.41, 5.74) is 0.805. The summed E-state index contributed by atoms with van der Waals surface area (Å²) < 4.78 is 14.2. The highest BCUT2D eigenvalue weighted by molar-refractivity contribution is 7.18. The van der Waals surface area contributed by atoms with Gasteiger partial charge in [0.2, 0.25) is 0 Å². The molecule has 1 fully saturated rings. The van der Waals surface area contributed by atoms with Crippen LogP contribution < -0.4 is 5.32 Å². The maximum Gasteiger partial charge on any atom is 0.125 e. The first kappa shape index (κ1) is 11.1. The number of halogens is 1. The van der Waals surface area contributed by atoms with Crippen LogP contribution in [0.2, 0.25) is 0 Å². The SMILES string of the molecule is Fc1ccc2sc(CC3CCNCC3)nc2c1. The highest BCUT2D eigenvalue weighted by Gasteiger charge is 2.15. The quantitative estimate of drug-likeness (QED) is 0.886. The molecule has 0 bridgehead atoms. The molecular formula is C13H15FN2S. The topological polar surface area (TPSA) is 24.9 Å². The van der Waals surface area contributed by atoms with Gasteiger partial charge in [0.15, 0.2) is 0 Å². The molecule has 0 saturated carbocycles. The van der Waals surface area contributed by atoms with Crippen molar-refractivity contribution in [3.63, 3.8) is 0 Å². The van der Waals surface area contributed by atoms with E-state index in [-0.39, 0.29) is 5.82 Å². The summed E-state index contributed by atoms with van der Waals surface area (Å²) >= 11 is 1.70. The Balaban J connectivity index is 1.80. The van der Waals surface area contributed by atoms with E-state index in [1.165, 1.54) is 25.0 Å². The molecule has 1 saturated heterocycles. The van der Waals surface area contributed by atoms with Gasteiger partial charge in [-0.2, -0.15) is 0 Å². The van der Waals surface area contributed by atoms with Gasteiger partial charge in [0.05, 0.1) is 15.2 Å². The van der Waals surface area contributed by atoms with E-state index in [9.17, 15) is 4.39 Å². The zero-order valence-electron chi connectivity index (χ0n) is 9.58. The molecule has 0 aliphatic carbocycles. The van der Waals surface area contributed by atoms with Gasteiger partial charge in [0.1, 0.15) is 5.82 Å². The smallest absolute Gasteiger partial charge is 0.125 e. The molecule has 3 rings (SSSR count). The van der Waals surface area contributed by atoms with Gasteiger partial charge >= 0.3 is 0 Å². The summed E-state index contributed by atoms with van der Waals surface area (Å²) in [7, 11) is 0. The summed E-state index contributed by atoms with van der Waals surface area (Å²) in [5.74, 6) is 0.540. The Bertz CT molecular complexity index is 517. The van der Waals surface area contributed by atoms with E-state index in [2.05, 4.69) is 10.3 Å². The van der Waals surface area contributed by atoms with Gasteiger partial charge in [-0.05, 0) is 44.0 Å². The molecule has 0 unspecified atom stereocenters. The highest BCUT2D eigenvalue weighted by atomic mass is 32.1. The summed E-state index contributed by atoms with van der Waals surface area (Å²) in [6, 6.07) is 4.86. The normalized spacial score (nSPS) is 17.7. The average Bonchev–Trinajstić information content (AvgIpc) is 2.71. The van der Waals surface area contributed by atoms with Crippen LogP contribution in [0, 0.1) is 11.7 Å². The minimum Gasteiger partial charge on any atom is -0.317 e. The van der Waals surface area contributed by atoms with Crippen LogP contribution in [-0.4, -0.2) is 18.1 Å². The summed E-state index contributed by atoms with van der Waals surface area (Å²) in [4.78, 5) is 4.53. The minimum atomic E-state index is -0.198. The van der Waals surface area contributed by atoms with Gasteiger partial charge < -0.3 is 5.32 Å². The van der Waals surface area contributed by atoms with E-state index >= 15 is 0 Å². The zero-order valence-corrected chi connectivity index (χ0v) is 10.4. The predicted octanol–water partition coefficient (Wildman–Crippen LogP) is 2.98. The third kappa shape index (κ3) is 2.48. The minimum absolute atomic E-state index is 0.198. The number of piperidine rings is 1. The zero-order chi connectivity index (χ0) is 11.7. The molecular weight excluding hydrogens is 235 g/mol. The van der Waals surface area contributed by atoms with Gasteiger partial charge in [0.25, 0.3) is 0 Å². The number of thiazole rings is 1. The molecule has 4 heteroatoms. The van der Waals surface area contributed by atoms with Crippen molar-refractivity contribution in [1.82, 2.24) is 10.3 Å². The fourth-order valence-electron chi connectivity index (χ4n) is 2.37. The maximum atomic E-state index is 13.1. The van der Waals surface area contributed by atoms with Crippen LogP contribution in [-0.2, 0) is 6.42 Å². The lowest BCUT2D eigenvalue weighted by atomic mass is 9.95. The lowest BCUT2D eigenvalue weighted by Crippen LogP contribution is -2.28. The first-order valence-electron chi connectivity index (χ1n) is 6.07. The largest absolute Gasteiger partial charge is 0.317 e. The van der Waals surface area contributed by atoms with Crippen molar-refractivity contribution in [3.05, 3.63) is 29.0 Å². The lowest BCUT2D eigenvalue weighted by Gasteiger charge is -2.21. The van der Waals surface area contributed by atoms with Crippen LogP contribution in [0.3, 0.4) is 0 Å². The van der Waals surface area contributed by atoms with Gasteiger partial charge in [-0.3, -0.25) is 0 Å². The second kappa shape index (κ2) is 4.70. The molecule has 2 aromatic rings. The highest BCUT2D eigenvalue weighted by Crippen LogP contribution is 2.26. The van der Waals surface area contributed by atoms with Crippen molar-refractivity contribution in [1.29, 1.82) is 0 Å². The molecule has 1 N–H and O–H groups in total. The Labute approximate surface area is 104 Å². The molecule has 0 spiro atoms. The summed E-state index contributed by atoms with van der Waals surface area (Å²) in [6.45, 7) is 2.23.